The molecule has 3 aliphatic carbocycles. The zero-order valence-corrected chi connectivity index (χ0v) is 25.5. The van der Waals surface area contributed by atoms with Crippen molar-refractivity contribution < 1.29 is 0 Å². The summed E-state index contributed by atoms with van der Waals surface area (Å²) >= 11 is 0. The molecular weight excluding hydrogens is 480 g/mol. The van der Waals surface area contributed by atoms with Crippen molar-refractivity contribution in [3.63, 3.8) is 0 Å². The van der Waals surface area contributed by atoms with Gasteiger partial charge in [0.1, 0.15) is 0 Å². The second-order valence-corrected chi connectivity index (χ2v) is 14.1. The smallest absolute Gasteiger partial charge is 0.0281 e. The van der Waals surface area contributed by atoms with Gasteiger partial charge in [-0.05, 0) is 84.9 Å². The van der Waals surface area contributed by atoms with Gasteiger partial charge in [0.15, 0.2) is 0 Å². The normalized spacial score (nSPS) is 23.8. The molecule has 204 valence electrons. The van der Waals surface area contributed by atoms with Crippen LogP contribution in [0, 0.1) is 0 Å². The van der Waals surface area contributed by atoms with Crippen molar-refractivity contribution in [3.8, 4) is 0 Å². The van der Waals surface area contributed by atoms with Crippen molar-refractivity contribution in [2.45, 2.75) is 102 Å². The molecule has 0 amide bonds. The van der Waals surface area contributed by atoms with Gasteiger partial charge in [0, 0.05) is 23.2 Å². The minimum atomic E-state index is -0.0245. The first-order chi connectivity index (χ1) is 19.1. The lowest BCUT2D eigenvalue weighted by Gasteiger charge is -2.37. The maximum Gasteiger partial charge on any atom is 0.0281 e. The Bertz CT molecular complexity index is 1460. The molecule has 0 radical (unpaired) electrons. The molecule has 0 spiro atoms. The van der Waals surface area contributed by atoms with Crippen LogP contribution in [0.1, 0.15) is 158 Å². The van der Waals surface area contributed by atoms with Crippen molar-refractivity contribution >= 4 is 0 Å². The Morgan fingerprint density at radius 3 is 0.975 bits per heavy atom. The highest BCUT2D eigenvalue weighted by Crippen LogP contribution is 2.76. The fourth-order valence-corrected chi connectivity index (χ4v) is 8.60. The maximum absolute atomic E-state index is 2.59. The summed E-state index contributed by atoms with van der Waals surface area (Å²) in [5, 5.41) is 0. The third kappa shape index (κ3) is 3.32. The Morgan fingerprint density at radius 1 is 0.375 bits per heavy atom. The molecule has 0 bridgehead atoms. The van der Waals surface area contributed by atoms with Crippen molar-refractivity contribution in [3.05, 3.63) is 140 Å². The molecule has 2 unspecified atom stereocenters. The van der Waals surface area contributed by atoms with Crippen LogP contribution in [0.3, 0.4) is 0 Å². The van der Waals surface area contributed by atoms with Crippen LogP contribution in [0.4, 0.5) is 0 Å². The van der Waals surface area contributed by atoms with Crippen LogP contribution >= 0.6 is 0 Å². The first-order valence-corrected chi connectivity index (χ1v) is 15.7. The van der Waals surface area contributed by atoms with Crippen molar-refractivity contribution in [2.24, 2.45) is 0 Å². The van der Waals surface area contributed by atoms with Gasteiger partial charge in [0.2, 0.25) is 0 Å². The second kappa shape index (κ2) is 8.94. The van der Waals surface area contributed by atoms with E-state index in [0.29, 0.717) is 41.4 Å². The third-order valence-corrected chi connectivity index (χ3v) is 10.7. The predicted octanol–water partition coefficient (Wildman–Crippen LogP) is 10.9. The van der Waals surface area contributed by atoms with E-state index >= 15 is 0 Å². The fourth-order valence-electron chi connectivity index (χ4n) is 8.60. The van der Waals surface area contributed by atoms with E-state index in [1.54, 1.807) is 33.4 Å². The molecule has 3 aliphatic rings. The third-order valence-electron chi connectivity index (χ3n) is 10.7. The molecule has 4 aromatic carbocycles. The second-order valence-electron chi connectivity index (χ2n) is 14.1. The molecular formula is C40H44. The number of rotatable bonds is 5. The molecule has 0 heteroatoms. The van der Waals surface area contributed by atoms with Crippen molar-refractivity contribution in [1.82, 2.24) is 0 Å². The van der Waals surface area contributed by atoms with Crippen LogP contribution in [0.2, 0.25) is 0 Å². The minimum Gasteiger partial charge on any atom is -0.0587 e. The van der Waals surface area contributed by atoms with Gasteiger partial charge in [-0.1, -0.05) is 134 Å². The summed E-state index contributed by atoms with van der Waals surface area (Å²) in [5.74, 6) is 3.20. The van der Waals surface area contributed by atoms with Crippen LogP contribution in [0.25, 0.3) is 0 Å². The summed E-state index contributed by atoms with van der Waals surface area (Å²) in [6, 6.07) is 32.4. The number of fused-ring (bicyclic) bond motifs is 9. The molecule has 0 saturated heterocycles. The lowest BCUT2D eigenvalue weighted by Crippen LogP contribution is -2.33. The molecule has 0 aromatic heterocycles. The lowest BCUT2D eigenvalue weighted by molar-refractivity contribution is 0.386. The Balaban J connectivity index is 1.60. The van der Waals surface area contributed by atoms with Gasteiger partial charge in [-0.25, -0.2) is 0 Å². The average molecular weight is 525 g/mol. The standard InChI is InChI=1S/C40H44/c1-22(2)26-9-14-30(15-10-26)40-37-32-17-12-28(24(5)6)20-35(32)39(40)33-18-13-29(25(7)8)21-36(33)38(40)31-16-11-27(23(3)4)19-34(31)37/h9-25,37-39H,1-8H3/t37-,38-,39?,40?/m1/s1. The van der Waals surface area contributed by atoms with E-state index in [-0.39, 0.29) is 5.41 Å². The highest BCUT2D eigenvalue weighted by atomic mass is 14.7. The monoisotopic (exact) mass is 524 g/mol. The van der Waals surface area contributed by atoms with E-state index < -0.39 is 0 Å². The van der Waals surface area contributed by atoms with Crippen LogP contribution < -0.4 is 0 Å². The largest absolute Gasteiger partial charge is 0.0587 e. The van der Waals surface area contributed by atoms with Gasteiger partial charge < -0.3 is 0 Å². The quantitative estimate of drug-likeness (QED) is 0.243. The first kappa shape index (κ1) is 25.8. The number of hydrogen-bond donors (Lipinski definition) is 0. The highest BCUT2D eigenvalue weighted by Gasteiger charge is 2.68. The predicted molar refractivity (Wildman–Crippen MR) is 169 cm³/mol. The van der Waals surface area contributed by atoms with Crippen LogP contribution in [-0.2, 0) is 5.41 Å². The van der Waals surface area contributed by atoms with E-state index in [0.717, 1.165) is 0 Å². The Labute approximate surface area is 241 Å². The number of hydrogen-bond acceptors (Lipinski definition) is 0. The van der Waals surface area contributed by atoms with E-state index in [9.17, 15) is 0 Å². The molecule has 0 nitrogen and oxygen atoms in total. The van der Waals surface area contributed by atoms with E-state index in [1.165, 1.54) is 27.8 Å². The van der Waals surface area contributed by atoms with E-state index in [4.69, 9.17) is 0 Å². The molecule has 0 saturated carbocycles. The van der Waals surface area contributed by atoms with Gasteiger partial charge in [-0.2, -0.15) is 0 Å². The lowest BCUT2D eigenvalue weighted by atomic mass is 9.64. The molecule has 40 heavy (non-hydrogen) atoms. The topological polar surface area (TPSA) is 0 Å². The van der Waals surface area contributed by atoms with E-state index in [1.807, 2.05) is 0 Å². The molecule has 4 atom stereocenters. The summed E-state index contributed by atoms with van der Waals surface area (Å²) in [7, 11) is 0. The molecule has 0 fully saturated rings. The van der Waals surface area contributed by atoms with Gasteiger partial charge >= 0.3 is 0 Å². The van der Waals surface area contributed by atoms with Crippen LogP contribution in [0.15, 0.2) is 78.9 Å². The summed E-state index contributed by atoms with van der Waals surface area (Å²) in [6.07, 6.45) is 0. The zero-order valence-electron chi connectivity index (χ0n) is 25.5. The number of benzene rings is 4. The Hall–Kier alpha value is -3.12. The SMILES string of the molecule is CC(C)c1ccc(C23C4c5cc(C(C)C)ccc5[C@@H]2c2cc(C(C)C)ccc2[C@@H]3c2cc(C(C)C)ccc24)cc1. The van der Waals surface area contributed by atoms with Gasteiger partial charge in [-0.15, -0.1) is 0 Å². The molecule has 4 aromatic rings. The van der Waals surface area contributed by atoms with Crippen LogP contribution in [-0.4, -0.2) is 0 Å². The zero-order chi connectivity index (χ0) is 28.1. The molecule has 0 N–H and O–H groups in total. The van der Waals surface area contributed by atoms with E-state index in [2.05, 4.69) is 134 Å². The highest BCUT2D eigenvalue weighted by molar-refractivity contribution is 5.74. The van der Waals surface area contributed by atoms with Crippen LogP contribution in [0.5, 0.6) is 0 Å². The molecule has 0 heterocycles. The van der Waals surface area contributed by atoms with Gasteiger partial charge in [0.05, 0.1) is 0 Å². The van der Waals surface area contributed by atoms with Gasteiger partial charge in [0.25, 0.3) is 0 Å². The van der Waals surface area contributed by atoms with Crippen molar-refractivity contribution in [1.29, 1.82) is 0 Å². The maximum atomic E-state index is 2.59. The first-order valence-electron chi connectivity index (χ1n) is 15.7. The molecule has 0 aliphatic heterocycles. The molecule has 7 rings (SSSR count). The average Bonchev–Trinajstić information content (AvgIpc) is 3.51. The summed E-state index contributed by atoms with van der Waals surface area (Å²) in [4.78, 5) is 0. The Morgan fingerprint density at radius 2 is 0.675 bits per heavy atom. The summed E-state index contributed by atoms with van der Waals surface area (Å²) in [5.41, 5.74) is 16.7. The van der Waals surface area contributed by atoms with Gasteiger partial charge in [-0.3, -0.25) is 0 Å². The minimum absolute atomic E-state index is 0.0245. The van der Waals surface area contributed by atoms with Crippen molar-refractivity contribution in [2.75, 3.05) is 0 Å². The Kier molecular flexibility index (Phi) is 5.77. The summed E-state index contributed by atoms with van der Waals surface area (Å²) in [6.45, 7) is 18.6. The summed E-state index contributed by atoms with van der Waals surface area (Å²) < 4.78 is 0. The fraction of sp³-hybridized carbons (Fsp3) is 0.400.